The maximum atomic E-state index is 13.9. The lowest BCUT2D eigenvalue weighted by atomic mass is 9.92. The lowest BCUT2D eigenvalue weighted by Crippen LogP contribution is -2.63. The Labute approximate surface area is 216 Å². The Bertz CT molecular complexity index is 1440. The minimum Gasteiger partial charge on any atom is -0.384 e. The van der Waals surface area contributed by atoms with Gasteiger partial charge in [0.25, 0.3) is 5.91 Å². The quantitative estimate of drug-likeness (QED) is 0.201. The summed E-state index contributed by atoms with van der Waals surface area (Å²) in [5, 5.41) is 9.70. The van der Waals surface area contributed by atoms with Crippen LogP contribution in [0.5, 0.6) is 0 Å². The summed E-state index contributed by atoms with van der Waals surface area (Å²) in [5.41, 5.74) is 10.6. The number of nitrogens with two attached hydrogens (primary N) is 2. The molecule has 1 fully saturated rings. The van der Waals surface area contributed by atoms with Crippen LogP contribution in [0, 0.1) is 5.41 Å². The predicted octanol–water partition coefficient (Wildman–Crippen LogP) is 2.63. The van der Waals surface area contributed by atoms with Crippen LogP contribution in [0.1, 0.15) is 31.7 Å². The van der Waals surface area contributed by atoms with Gasteiger partial charge in [-0.1, -0.05) is 36.4 Å². The predicted molar refractivity (Wildman–Crippen MR) is 144 cm³/mol. The number of ketones is 1. The summed E-state index contributed by atoms with van der Waals surface area (Å²) >= 11 is 0. The third-order valence-corrected chi connectivity index (χ3v) is 8.65. The number of nitrogens with one attached hydrogen (secondary N) is 2. The van der Waals surface area contributed by atoms with Crippen LogP contribution in [0.15, 0.2) is 71.6 Å². The number of amides is 1. The largest absolute Gasteiger partial charge is 0.384 e. The highest BCUT2D eigenvalue weighted by molar-refractivity contribution is 7.93. The van der Waals surface area contributed by atoms with Gasteiger partial charge in [-0.3, -0.25) is 15.0 Å². The number of likely N-dealkylation sites (tertiary alicyclic amines) is 1. The number of anilines is 1. The van der Waals surface area contributed by atoms with Crippen LogP contribution in [0.2, 0.25) is 0 Å². The Morgan fingerprint density at radius 3 is 2.24 bits per heavy atom. The van der Waals surface area contributed by atoms with Gasteiger partial charge < -0.3 is 21.7 Å². The molecule has 0 saturated carbocycles. The minimum atomic E-state index is -4.35. The van der Waals surface area contributed by atoms with Crippen molar-refractivity contribution in [2.45, 2.75) is 42.0 Å². The summed E-state index contributed by atoms with van der Waals surface area (Å²) in [7, 11) is -4.35. The fourth-order valence-electron chi connectivity index (χ4n) is 4.66. The van der Waals surface area contributed by atoms with Gasteiger partial charge >= 0.3 is 0 Å². The molecular weight excluding hydrogens is 490 g/mol. The molecule has 3 aromatic carbocycles. The van der Waals surface area contributed by atoms with Crippen molar-refractivity contribution in [2.24, 2.45) is 11.5 Å². The molecule has 0 spiro atoms. The zero-order valence-electron chi connectivity index (χ0n) is 20.6. The number of rotatable bonds is 8. The molecule has 9 nitrogen and oxygen atoms in total. The van der Waals surface area contributed by atoms with Crippen molar-refractivity contribution in [1.29, 1.82) is 5.41 Å². The van der Waals surface area contributed by atoms with Gasteiger partial charge in [0.15, 0.2) is 16.7 Å². The molecule has 1 heterocycles. The average molecular weight is 522 g/mol. The number of Topliss-reactive ketones (excluding diaryl/α,β-unsaturated/α-hetero) is 1. The monoisotopic (exact) mass is 521 g/mol. The summed E-state index contributed by atoms with van der Waals surface area (Å²) in [6.07, 6.45) is 2.57. The van der Waals surface area contributed by atoms with Crippen LogP contribution in [0.25, 0.3) is 10.8 Å². The van der Waals surface area contributed by atoms with Crippen molar-refractivity contribution in [1.82, 2.24) is 4.90 Å². The molecule has 2 unspecified atom stereocenters. The average Bonchev–Trinajstić information content (AvgIpc) is 2.92. The summed E-state index contributed by atoms with van der Waals surface area (Å²) < 4.78 is 27.3. The first-order valence-corrected chi connectivity index (χ1v) is 13.6. The van der Waals surface area contributed by atoms with E-state index in [9.17, 15) is 18.0 Å². The number of hydrogen-bond acceptors (Lipinski definition) is 7. The lowest BCUT2D eigenvalue weighted by molar-refractivity contribution is -0.142. The molecule has 194 valence electrons. The molecule has 10 heteroatoms. The molecule has 0 aliphatic carbocycles. The summed E-state index contributed by atoms with van der Waals surface area (Å²) in [4.78, 5) is 29.2. The molecule has 0 radical (unpaired) electrons. The first-order valence-electron chi connectivity index (χ1n) is 12.1. The zero-order valence-corrected chi connectivity index (χ0v) is 21.4. The second kappa shape index (κ2) is 10.3. The highest BCUT2D eigenvalue weighted by Gasteiger charge is 2.49. The molecule has 1 saturated heterocycles. The number of piperidine rings is 1. The molecule has 37 heavy (non-hydrogen) atoms. The van der Waals surface area contributed by atoms with E-state index in [4.69, 9.17) is 16.9 Å². The minimum absolute atomic E-state index is 0.0648. The van der Waals surface area contributed by atoms with Crippen LogP contribution in [0.4, 0.5) is 5.69 Å². The summed E-state index contributed by atoms with van der Waals surface area (Å²) in [6, 6.07) is 18.0. The van der Waals surface area contributed by atoms with E-state index in [0.29, 0.717) is 35.1 Å². The molecule has 3 aromatic rings. The molecule has 0 bridgehead atoms. The first-order chi connectivity index (χ1) is 17.6. The first kappa shape index (κ1) is 26.3. The SMILES string of the molecule is CC(Nc1ccc(C(=N)N)cc1)(C(=O)C(N)S(=O)(=O)c1cccc2ccccc12)C(=O)N1CCCCC1. The van der Waals surface area contributed by atoms with Gasteiger partial charge in [-0.2, -0.15) is 0 Å². The molecule has 2 atom stereocenters. The Morgan fingerprint density at radius 2 is 1.59 bits per heavy atom. The maximum Gasteiger partial charge on any atom is 0.255 e. The van der Waals surface area contributed by atoms with E-state index >= 15 is 0 Å². The van der Waals surface area contributed by atoms with E-state index in [1.165, 1.54) is 13.0 Å². The van der Waals surface area contributed by atoms with E-state index in [2.05, 4.69) is 5.32 Å². The van der Waals surface area contributed by atoms with Crippen molar-refractivity contribution in [3.05, 3.63) is 72.3 Å². The molecule has 1 aliphatic rings. The van der Waals surface area contributed by atoms with Gasteiger partial charge in [-0.05, 0) is 61.9 Å². The number of amidine groups is 1. The maximum absolute atomic E-state index is 13.9. The third kappa shape index (κ3) is 5.07. The normalized spacial score (nSPS) is 16.5. The fraction of sp³-hybridized carbons (Fsp3) is 0.296. The van der Waals surface area contributed by atoms with Crippen molar-refractivity contribution in [2.75, 3.05) is 18.4 Å². The van der Waals surface area contributed by atoms with Crippen LogP contribution in [-0.4, -0.2) is 54.8 Å². The van der Waals surface area contributed by atoms with Crippen LogP contribution >= 0.6 is 0 Å². The van der Waals surface area contributed by atoms with Crippen LogP contribution in [-0.2, 0) is 19.4 Å². The second-order valence-electron chi connectivity index (χ2n) is 9.40. The number of nitrogen functional groups attached to an aromatic ring is 1. The van der Waals surface area contributed by atoms with E-state index in [-0.39, 0.29) is 10.7 Å². The van der Waals surface area contributed by atoms with E-state index in [1.54, 1.807) is 65.6 Å². The highest BCUT2D eigenvalue weighted by atomic mass is 32.2. The number of benzene rings is 3. The van der Waals surface area contributed by atoms with E-state index < -0.39 is 32.4 Å². The van der Waals surface area contributed by atoms with Gasteiger partial charge in [0.1, 0.15) is 5.84 Å². The lowest BCUT2D eigenvalue weighted by Gasteiger charge is -2.37. The van der Waals surface area contributed by atoms with Gasteiger partial charge in [-0.25, -0.2) is 8.42 Å². The van der Waals surface area contributed by atoms with E-state index in [0.717, 1.165) is 19.3 Å². The fourth-order valence-corrected chi connectivity index (χ4v) is 6.21. The molecule has 1 amide bonds. The number of nitrogens with zero attached hydrogens (tertiary/aromatic N) is 1. The Balaban J connectivity index is 1.74. The smallest absolute Gasteiger partial charge is 0.255 e. The molecule has 4 rings (SSSR count). The van der Waals surface area contributed by atoms with E-state index in [1.807, 2.05) is 0 Å². The van der Waals surface area contributed by atoms with Crippen molar-refractivity contribution in [3.63, 3.8) is 0 Å². The number of carbonyl (C=O) groups excluding carboxylic acids is 2. The van der Waals surface area contributed by atoms with Crippen molar-refractivity contribution in [3.8, 4) is 0 Å². The molecule has 6 N–H and O–H groups in total. The number of fused-ring (bicyclic) bond motifs is 1. The Hall–Kier alpha value is -3.76. The summed E-state index contributed by atoms with van der Waals surface area (Å²) in [6.45, 7) is 2.32. The standard InChI is InChI=1S/C27H31N5O4S/c1-27(26(34)32-16-5-2-6-17-32,31-20-14-12-19(13-15-20)24(28)29)23(33)25(30)37(35,36)22-11-7-9-18-8-3-4-10-21(18)22/h3-4,7-15,25,31H,2,5-6,16-17,30H2,1H3,(H3,28,29). The molecule has 0 aromatic heterocycles. The molecule has 1 aliphatic heterocycles. The second-order valence-corrected chi connectivity index (χ2v) is 11.4. The topological polar surface area (TPSA) is 159 Å². The van der Waals surface area contributed by atoms with Gasteiger partial charge in [0.2, 0.25) is 9.84 Å². The Kier molecular flexibility index (Phi) is 7.33. The number of sulfone groups is 1. The third-order valence-electron chi connectivity index (χ3n) is 6.80. The van der Waals surface area contributed by atoms with Crippen LogP contribution < -0.4 is 16.8 Å². The van der Waals surface area contributed by atoms with Gasteiger partial charge in [-0.15, -0.1) is 0 Å². The number of hydrogen-bond donors (Lipinski definition) is 4. The van der Waals surface area contributed by atoms with Crippen LogP contribution in [0.3, 0.4) is 0 Å². The zero-order chi connectivity index (χ0) is 26.8. The number of carbonyl (C=O) groups is 2. The van der Waals surface area contributed by atoms with Crippen molar-refractivity contribution >= 4 is 43.8 Å². The molecular formula is C27H31N5O4S. The highest BCUT2D eigenvalue weighted by Crippen LogP contribution is 2.29. The summed E-state index contributed by atoms with van der Waals surface area (Å²) in [5.74, 6) is -1.61. The van der Waals surface area contributed by atoms with Gasteiger partial charge in [0.05, 0.1) is 4.90 Å². The van der Waals surface area contributed by atoms with Crippen molar-refractivity contribution < 1.29 is 18.0 Å². The van der Waals surface area contributed by atoms with Gasteiger partial charge in [0, 0.05) is 29.7 Å². The Morgan fingerprint density at radius 1 is 0.973 bits per heavy atom.